The normalized spacial score (nSPS) is 10.8. The van der Waals surface area contributed by atoms with Crippen LogP contribution in [0, 0.1) is 6.92 Å². The summed E-state index contributed by atoms with van der Waals surface area (Å²) in [7, 11) is 0. The van der Waals surface area contributed by atoms with Gasteiger partial charge < -0.3 is 9.15 Å². The smallest absolute Gasteiger partial charge is 0.336 e. The number of benzene rings is 2. The van der Waals surface area contributed by atoms with Crippen LogP contribution in [0.2, 0.25) is 0 Å². The second kappa shape index (κ2) is 6.71. The number of Topliss-reactive ketones (excluding diaryl/α,β-unsaturated/α-hetero) is 1. The molecule has 4 nitrogen and oxygen atoms in total. The molecule has 0 spiro atoms. The Hall–Kier alpha value is -2.88. The van der Waals surface area contributed by atoms with Crippen LogP contribution in [0.1, 0.15) is 28.4 Å². The molecule has 0 N–H and O–H groups in total. The fourth-order valence-corrected chi connectivity index (χ4v) is 2.65. The number of hydrogen-bond donors (Lipinski definition) is 0. The van der Waals surface area contributed by atoms with E-state index in [-0.39, 0.29) is 12.4 Å². The highest BCUT2D eigenvalue weighted by Gasteiger charge is 2.12. The van der Waals surface area contributed by atoms with Gasteiger partial charge in [0.15, 0.2) is 12.4 Å². The summed E-state index contributed by atoms with van der Waals surface area (Å²) in [6, 6.07) is 14.1. The molecule has 122 valence electrons. The second-order valence-corrected chi connectivity index (χ2v) is 5.64. The number of ether oxygens (including phenoxy) is 1. The van der Waals surface area contributed by atoms with E-state index in [0.717, 1.165) is 22.9 Å². The quantitative estimate of drug-likeness (QED) is 0.527. The SMILES string of the molecule is CCc1cc2c(C)cc(=O)oc2cc1OCC(=O)c1ccccc1. The van der Waals surface area contributed by atoms with Gasteiger partial charge in [0.2, 0.25) is 0 Å². The van der Waals surface area contributed by atoms with Gasteiger partial charge in [0.05, 0.1) is 0 Å². The van der Waals surface area contributed by atoms with Crippen molar-refractivity contribution in [3.8, 4) is 5.75 Å². The molecule has 3 aromatic rings. The van der Waals surface area contributed by atoms with Crippen LogP contribution in [0.3, 0.4) is 0 Å². The molecule has 0 amide bonds. The summed E-state index contributed by atoms with van der Waals surface area (Å²) in [6.45, 7) is 3.83. The lowest BCUT2D eigenvalue weighted by Gasteiger charge is -2.12. The van der Waals surface area contributed by atoms with Crippen LogP contribution in [0.15, 0.2) is 57.7 Å². The third-order valence-electron chi connectivity index (χ3n) is 3.97. The van der Waals surface area contributed by atoms with Crippen molar-refractivity contribution in [2.24, 2.45) is 0 Å². The lowest BCUT2D eigenvalue weighted by atomic mass is 10.1. The molecule has 0 saturated carbocycles. The first-order chi connectivity index (χ1) is 11.6. The molecular formula is C20H18O4. The summed E-state index contributed by atoms with van der Waals surface area (Å²) in [5.41, 5.74) is 2.52. The molecule has 1 heterocycles. The van der Waals surface area contributed by atoms with Gasteiger partial charge in [-0.05, 0) is 30.5 Å². The Balaban J connectivity index is 1.91. The van der Waals surface area contributed by atoms with E-state index < -0.39 is 5.63 Å². The Morgan fingerprint density at radius 3 is 2.58 bits per heavy atom. The lowest BCUT2D eigenvalue weighted by molar-refractivity contribution is 0.0921. The highest BCUT2D eigenvalue weighted by molar-refractivity contribution is 5.97. The maximum Gasteiger partial charge on any atom is 0.336 e. The van der Waals surface area contributed by atoms with Gasteiger partial charge in [-0.25, -0.2) is 4.79 Å². The Kier molecular flexibility index (Phi) is 4.47. The Bertz CT molecular complexity index is 939. The number of carbonyl (C=O) groups is 1. The van der Waals surface area contributed by atoms with Crippen LogP contribution in [-0.2, 0) is 6.42 Å². The van der Waals surface area contributed by atoms with Gasteiger partial charge >= 0.3 is 5.63 Å². The number of aryl methyl sites for hydroxylation is 2. The molecule has 2 aromatic carbocycles. The van der Waals surface area contributed by atoms with Crippen LogP contribution in [0.25, 0.3) is 11.0 Å². The first-order valence-electron chi connectivity index (χ1n) is 7.87. The van der Waals surface area contributed by atoms with Crippen molar-refractivity contribution in [1.82, 2.24) is 0 Å². The van der Waals surface area contributed by atoms with Gasteiger partial charge in [-0.3, -0.25) is 4.79 Å². The molecule has 0 saturated heterocycles. The molecule has 0 bridgehead atoms. The van der Waals surface area contributed by atoms with Crippen molar-refractivity contribution >= 4 is 16.8 Å². The third-order valence-corrected chi connectivity index (χ3v) is 3.97. The van der Waals surface area contributed by atoms with E-state index >= 15 is 0 Å². The van der Waals surface area contributed by atoms with E-state index in [4.69, 9.17) is 9.15 Å². The minimum absolute atomic E-state index is 0.0570. The molecule has 0 atom stereocenters. The predicted octanol–water partition coefficient (Wildman–Crippen LogP) is 3.93. The standard InChI is InChI=1S/C20H18O4/c1-3-14-10-16-13(2)9-20(22)24-19(16)11-18(14)23-12-17(21)15-7-5-4-6-8-15/h4-11H,3,12H2,1-2H3. The van der Waals surface area contributed by atoms with Crippen LogP contribution in [0.4, 0.5) is 0 Å². The first-order valence-corrected chi connectivity index (χ1v) is 7.87. The van der Waals surface area contributed by atoms with Crippen molar-refractivity contribution in [1.29, 1.82) is 0 Å². The predicted molar refractivity (Wildman–Crippen MR) is 92.9 cm³/mol. The summed E-state index contributed by atoms with van der Waals surface area (Å²) in [4.78, 5) is 23.8. The number of rotatable bonds is 5. The fraction of sp³-hybridized carbons (Fsp3) is 0.200. The Morgan fingerprint density at radius 1 is 1.12 bits per heavy atom. The largest absolute Gasteiger partial charge is 0.485 e. The van der Waals surface area contributed by atoms with Crippen LogP contribution < -0.4 is 10.4 Å². The maximum absolute atomic E-state index is 12.2. The molecule has 0 aliphatic rings. The maximum atomic E-state index is 12.2. The summed E-state index contributed by atoms with van der Waals surface area (Å²) >= 11 is 0. The topological polar surface area (TPSA) is 56.5 Å². The molecule has 1 aromatic heterocycles. The summed E-state index contributed by atoms with van der Waals surface area (Å²) in [5.74, 6) is 0.478. The third kappa shape index (κ3) is 3.23. The molecule has 0 aliphatic carbocycles. The van der Waals surface area contributed by atoms with Gasteiger partial charge in [-0.2, -0.15) is 0 Å². The molecule has 0 aliphatic heterocycles. The fourth-order valence-electron chi connectivity index (χ4n) is 2.65. The molecule has 4 heteroatoms. The van der Waals surface area contributed by atoms with Crippen molar-refractivity contribution in [3.05, 3.63) is 75.6 Å². The molecule has 0 radical (unpaired) electrons. The van der Waals surface area contributed by atoms with E-state index in [9.17, 15) is 9.59 Å². The molecular weight excluding hydrogens is 304 g/mol. The van der Waals surface area contributed by atoms with Crippen LogP contribution in [-0.4, -0.2) is 12.4 Å². The lowest BCUT2D eigenvalue weighted by Crippen LogP contribution is -2.12. The Labute approximate surface area is 139 Å². The summed E-state index contributed by atoms with van der Waals surface area (Å²) < 4.78 is 11.0. The van der Waals surface area contributed by atoms with Crippen LogP contribution >= 0.6 is 0 Å². The van der Waals surface area contributed by atoms with E-state index in [2.05, 4.69) is 0 Å². The van der Waals surface area contributed by atoms with Crippen LogP contribution in [0.5, 0.6) is 5.75 Å². The van der Waals surface area contributed by atoms with Gasteiger partial charge in [-0.15, -0.1) is 0 Å². The molecule has 0 fully saturated rings. The number of carbonyl (C=O) groups excluding carboxylic acids is 1. The zero-order valence-corrected chi connectivity index (χ0v) is 13.7. The first kappa shape index (κ1) is 16.0. The number of fused-ring (bicyclic) bond motifs is 1. The monoisotopic (exact) mass is 322 g/mol. The van der Waals surface area contributed by atoms with Gasteiger partial charge in [0, 0.05) is 23.1 Å². The summed E-state index contributed by atoms with van der Waals surface area (Å²) in [5, 5.41) is 0.883. The van der Waals surface area contributed by atoms with Gasteiger partial charge in [-0.1, -0.05) is 37.3 Å². The zero-order valence-electron chi connectivity index (χ0n) is 13.7. The minimum atomic E-state index is -0.393. The highest BCUT2D eigenvalue weighted by Crippen LogP contribution is 2.27. The van der Waals surface area contributed by atoms with Gasteiger partial charge in [0.25, 0.3) is 0 Å². The zero-order chi connectivity index (χ0) is 17.1. The number of ketones is 1. The highest BCUT2D eigenvalue weighted by atomic mass is 16.5. The average Bonchev–Trinajstić information content (AvgIpc) is 2.59. The van der Waals surface area contributed by atoms with Crippen molar-refractivity contribution in [2.75, 3.05) is 6.61 Å². The Morgan fingerprint density at radius 2 is 1.88 bits per heavy atom. The molecule has 3 rings (SSSR count). The molecule has 24 heavy (non-hydrogen) atoms. The van der Waals surface area contributed by atoms with E-state index in [1.807, 2.05) is 38.1 Å². The molecule has 0 unspecified atom stereocenters. The van der Waals surface area contributed by atoms with Crippen molar-refractivity contribution < 1.29 is 13.9 Å². The summed E-state index contributed by atoms with van der Waals surface area (Å²) in [6.07, 6.45) is 0.753. The van der Waals surface area contributed by atoms with Gasteiger partial charge in [0.1, 0.15) is 11.3 Å². The van der Waals surface area contributed by atoms with Crippen molar-refractivity contribution in [3.63, 3.8) is 0 Å². The van der Waals surface area contributed by atoms with E-state index in [0.29, 0.717) is 16.9 Å². The average molecular weight is 322 g/mol. The van der Waals surface area contributed by atoms with E-state index in [1.165, 1.54) is 6.07 Å². The van der Waals surface area contributed by atoms with Crippen molar-refractivity contribution in [2.45, 2.75) is 20.3 Å². The number of hydrogen-bond acceptors (Lipinski definition) is 4. The second-order valence-electron chi connectivity index (χ2n) is 5.64. The minimum Gasteiger partial charge on any atom is -0.485 e. The van der Waals surface area contributed by atoms with E-state index in [1.54, 1.807) is 18.2 Å².